The Morgan fingerprint density at radius 1 is 1.38 bits per heavy atom. The second kappa shape index (κ2) is 2.92. The fraction of sp³-hybridized carbons (Fsp3) is 1.00. The maximum atomic E-state index is 9.72. The Balaban J connectivity index is 2.09. The van der Waals surface area contributed by atoms with Gasteiger partial charge in [-0.15, -0.1) is 0 Å². The zero-order chi connectivity index (χ0) is 9.64. The molecular weight excluding hydrogens is 172 g/mol. The number of rotatable bonds is 0. The molecule has 76 valence electrons. The predicted molar refractivity (Wildman–Crippen MR) is 45.2 cm³/mol. The summed E-state index contributed by atoms with van der Waals surface area (Å²) >= 11 is 0. The molecule has 0 amide bonds. The third-order valence-corrected chi connectivity index (χ3v) is 2.59. The Bertz CT molecular complexity index is 204. The van der Waals surface area contributed by atoms with Crippen molar-refractivity contribution in [3.63, 3.8) is 0 Å². The Kier molecular flexibility index (Phi) is 2.11. The summed E-state index contributed by atoms with van der Waals surface area (Å²) in [6, 6.07) is 0. The van der Waals surface area contributed by atoms with E-state index in [0.717, 1.165) is 0 Å². The Labute approximate surface area is 77.8 Å². The van der Waals surface area contributed by atoms with Crippen LogP contribution in [-0.2, 0) is 14.2 Å². The summed E-state index contributed by atoms with van der Waals surface area (Å²) in [5.41, 5.74) is 0. The number of fused-ring (bicyclic) bond motifs is 1. The molecule has 0 aromatic carbocycles. The van der Waals surface area contributed by atoms with Crippen LogP contribution in [0.25, 0.3) is 0 Å². The molecule has 0 radical (unpaired) electrons. The first kappa shape index (κ1) is 9.40. The largest absolute Gasteiger partial charge is 0.388 e. The third-order valence-electron chi connectivity index (χ3n) is 2.59. The molecule has 0 aromatic heterocycles. The monoisotopic (exact) mass is 188 g/mol. The Morgan fingerprint density at radius 2 is 2.08 bits per heavy atom. The first-order valence-electron chi connectivity index (χ1n) is 4.65. The number of aliphatic hydroxyl groups excluding tert-OH is 1. The minimum absolute atomic E-state index is 0.113. The lowest BCUT2D eigenvalue weighted by atomic mass is 10.1. The van der Waals surface area contributed by atoms with Gasteiger partial charge >= 0.3 is 0 Å². The van der Waals surface area contributed by atoms with Crippen LogP contribution in [0.1, 0.15) is 20.8 Å². The number of hydrogen-bond donors (Lipinski definition) is 1. The van der Waals surface area contributed by atoms with Crippen molar-refractivity contribution in [2.45, 2.75) is 51.0 Å². The molecule has 1 N–H and O–H groups in total. The van der Waals surface area contributed by atoms with E-state index in [4.69, 9.17) is 14.2 Å². The molecule has 0 spiro atoms. The van der Waals surface area contributed by atoms with Gasteiger partial charge in [-0.05, 0) is 20.8 Å². The Morgan fingerprint density at radius 3 is 2.77 bits per heavy atom. The van der Waals surface area contributed by atoms with E-state index in [1.165, 1.54) is 0 Å². The molecule has 4 heteroatoms. The average Bonchev–Trinajstić information content (AvgIpc) is 2.29. The topological polar surface area (TPSA) is 47.9 Å². The van der Waals surface area contributed by atoms with Crippen LogP contribution in [0.3, 0.4) is 0 Å². The van der Waals surface area contributed by atoms with Crippen molar-refractivity contribution >= 4 is 0 Å². The van der Waals surface area contributed by atoms with Crippen LogP contribution in [0, 0.1) is 0 Å². The van der Waals surface area contributed by atoms with Gasteiger partial charge in [0.25, 0.3) is 0 Å². The molecule has 4 atom stereocenters. The molecule has 4 nitrogen and oxygen atoms in total. The highest BCUT2D eigenvalue weighted by molar-refractivity contribution is 4.92. The average molecular weight is 188 g/mol. The van der Waals surface area contributed by atoms with Crippen molar-refractivity contribution < 1.29 is 19.3 Å². The van der Waals surface area contributed by atoms with Crippen molar-refractivity contribution in [3.8, 4) is 0 Å². The first-order chi connectivity index (χ1) is 5.99. The molecule has 0 bridgehead atoms. The lowest BCUT2D eigenvalue weighted by Crippen LogP contribution is -2.50. The van der Waals surface area contributed by atoms with Gasteiger partial charge in [-0.3, -0.25) is 0 Å². The maximum Gasteiger partial charge on any atom is 0.163 e. The van der Waals surface area contributed by atoms with Crippen molar-refractivity contribution in [2.75, 3.05) is 6.61 Å². The van der Waals surface area contributed by atoms with Crippen LogP contribution < -0.4 is 0 Å². The zero-order valence-electron chi connectivity index (χ0n) is 8.19. The molecule has 0 aromatic rings. The van der Waals surface area contributed by atoms with Crippen LogP contribution in [0.15, 0.2) is 0 Å². The van der Waals surface area contributed by atoms with Crippen LogP contribution in [-0.4, -0.2) is 41.9 Å². The van der Waals surface area contributed by atoms with Gasteiger partial charge in [0.1, 0.15) is 18.3 Å². The fourth-order valence-corrected chi connectivity index (χ4v) is 1.84. The van der Waals surface area contributed by atoms with Gasteiger partial charge in [0.05, 0.1) is 12.7 Å². The van der Waals surface area contributed by atoms with Crippen LogP contribution in [0.4, 0.5) is 0 Å². The summed E-state index contributed by atoms with van der Waals surface area (Å²) in [5, 5.41) is 9.72. The molecule has 2 aliphatic heterocycles. The maximum absolute atomic E-state index is 9.72. The van der Waals surface area contributed by atoms with Gasteiger partial charge in [-0.2, -0.15) is 0 Å². The molecule has 0 aliphatic carbocycles. The van der Waals surface area contributed by atoms with Crippen molar-refractivity contribution in [1.29, 1.82) is 0 Å². The fourth-order valence-electron chi connectivity index (χ4n) is 1.84. The summed E-state index contributed by atoms with van der Waals surface area (Å²) in [6.07, 6.45) is -1.04. The number of aliphatic hydroxyl groups is 1. The van der Waals surface area contributed by atoms with E-state index in [0.29, 0.717) is 6.61 Å². The van der Waals surface area contributed by atoms with Crippen molar-refractivity contribution in [1.82, 2.24) is 0 Å². The van der Waals surface area contributed by atoms with E-state index < -0.39 is 11.9 Å². The van der Waals surface area contributed by atoms with Gasteiger partial charge in [-0.1, -0.05) is 0 Å². The highest BCUT2D eigenvalue weighted by atomic mass is 16.7. The third kappa shape index (κ3) is 1.59. The van der Waals surface area contributed by atoms with Crippen LogP contribution >= 0.6 is 0 Å². The number of ether oxygens (including phenoxy) is 3. The molecular formula is C9H16O4. The molecule has 2 rings (SSSR count). The summed E-state index contributed by atoms with van der Waals surface area (Å²) < 4.78 is 16.5. The van der Waals surface area contributed by atoms with E-state index in [1.54, 1.807) is 0 Å². The first-order valence-corrected chi connectivity index (χ1v) is 4.65. The predicted octanol–water partition coefficient (Wildman–Crippen LogP) is 0.286. The molecule has 2 fully saturated rings. The second-order valence-corrected chi connectivity index (χ2v) is 4.16. The van der Waals surface area contributed by atoms with Gasteiger partial charge in [0.15, 0.2) is 5.79 Å². The van der Waals surface area contributed by atoms with Gasteiger partial charge in [0.2, 0.25) is 0 Å². The summed E-state index contributed by atoms with van der Waals surface area (Å²) in [7, 11) is 0. The van der Waals surface area contributed by atoms with Gasteiger partial charge in [-0.25, -0.2) is 0 Å². The highest BCUT2D eigenvalue weighted by Gasteiger charge is 2.48. The quantitative estimate of drug-likeness (QED) is 0.593. The van der Waals surface area contributed by atoms with E-state index in [2.05, 4.69) is 0 Å². The van der Waals surface area contributed by atoms with E-state index in [-0.39, 0.29) is 18.3 Å². The Hall–Kier alpha value is -0.160. The van der Waals surface area contributed by atoms with E-state index in [9.17, 15) is 5.11 Å². The van der Waals surface area contributed by atoms with Gasteiger partial charge < -0.3 is 19.3 Å². The molecule has 2 aliphatic rings. The summed E-state index contributed by atoms with van der Waals surface area (Å²) in [6.45, 7) is 6.04. The second-order valence-electron chi connectivity index (χ2n) is 4.16. The van der Waals surface area contributed by atoms with E-state index in [1.807, 2.05) is 20.8 Å². The van der Waals surface area contributed by atoms with Gasteiger partial charge in [0, 0.05) is 0 Å². The minimum atomic E-state index is -0.602. The molecule has 2 heterocycles. The lowest BCUT2D eigenvalue weighted by molar-refractivity contribution is -0.300. The SMILES string of the molecule is CC1O[C@@H]2COC(C)(C)O[C@@H]2[C@H]1O. The standard InChI is InChI=1S/C9H16O4/c1-5-7(10)8-6(12-5)4-11-9(2,3)13-8/h5-8,10H,4H2,1-3H3/t5?,6-,7+,8+/m1/s1. The van der Waals surface area contributed by atoms with E-state index >= 15 is 0 Å². The highest BCUT2D eigenvalue weighted by Crippen LogP contribution is 2.32. The normalized spacial score (nSPS) is 48.9. The molecule has 1 unspecified atom stereocenters. The van der Waals surface area contributed by atoms with Crippen molar-refractivity contribution in [2.24, 2.45) is 0 Å². The smallest absolute Gasteiger partial charge is 0.163 e. The van der Waals surface area contributed by atoms with Crippen LogP contribution in [0.2, 0.25) is 0 Å². The molecule has 13 heavy (non-hydrogen) atoms. The number of hydrogen-bond acceptors (Lipinski definition) is 4. The molecule has 2 saturated heterocycles. The van der Waals surface area contributed by atoms with Crippen molar-refractivity contribution in [3.05, 3.63) is 0 Å². The lowest BCUT2D eigenvalue weighted by Gasteiger charge is -2.37. The summed E-state index contributed by atoms with van der Waals surface area (Å²) in [5.74, 6) is -0.602. The molecule has 0 saturated carbocycles. The summed E-state index contributed by atoms with van der Waals surface area (Å²) in [4.78, 5) is 0. The van der Waals surface area contributed by atoms with Crippen LogP contribution in [0.5, 0.6) is 0 Å². The minimum Gasteiger partial charge on any atom is -0.388 e. The zero-order valence-corrected chi connectivity index (χ0v) is 8.19.